The number of benzene rings is 1. The molecule has 110 valence electrons. The SMILES string of the molecule is Cc1ccc(O)c(C(C)NC(C)C(=O)N2CCCC2)c1. The van der Waals surface area contributed by atoms with E-state index >= 15 is 0 Å². The van der Waals surface area contributed by atoms with Crippen LogP contribution in [-0.4, -0.2) is 35.0 Å². The first-order valence-electron chi connectivity index (χ1n) is 7.33. The molecule has 0 radical (unpaired) electrons. The summed E-state index contributed by atoms with van der Waals surface area (Å²) < 4.78 is 0. The van der Waals surface area contributed by atoms with E-state index in [1.165, 1.54) is 0 Å². The van der Waals surface area contributed by atoms with E-state index in [2.05, 4.69) is 5.32 Å². The lowest BCUT2D eigenvalue weighted by Crippen LogP contribution is -2.44. The third-order valence-corrected chi connectivity index (χ3v) is 3.94. The van der Waals surface area contributed by atoms with E-state index in [-0.39, 0.29) is 23.7 Å². The first-order chi connectivity index (χ1) is 9.49. The number of phenolic OH excluding ortho intramolecular Hbond substituents is 1. The first kappa shape index (κ1) is 14.9. The number of phenols is 1. The molecule has 1 aliphatic rings. The van der Waals surface area contributed by atoms with Crippen LogP contribution >= 0.6 is 0 Å². The van der Waals surface area contributed by atoms with Crippen molar-refractivity contribution < 1.29 is 9.90 Å². The largest absolute Gasteiger partial charge is 0.508 e. The molecule has 1 amide bonds. The van der Waals surface area contributed by atoms with Gasteiger partial charge in [-0.25, -0.2) is 0 Å². The van der Waals surface area contributed by atoms with E-state index in [4.69, 9.17) is 0 Å². The summed E-state index contributed by atoms with van der Waals surface area (Å²) in [4.78, 5) is 14.2. The number of carbonyl (C=O) groups is 1. The summed E-state index contributed by atoms with van der Waals surface area (Å²) >= 11 is 0. The van der Waals surface area contributed by atoms with Gasteiger partial charge in [-0.1, -0.05) is 17.7 Å². The average molecular weight is 276 g/mol. The zero-order chi connectivity index (χ0) is 14.7. The first-order valence-corrected chi connectivity index (χ1v) is 7.33. The van der Waals surface area contributed by atoms with Crippen molar-refractivity contribution in [2.45, 2.75) is 45.7 Å². The van der Waals surface area contributed by atoms with Crippen LogP contribution in [0.4, 0.5) is 0 Å². The van der Waals surface area contributed by atoms with E-state index in [0.717, 1.165) is 37.1 Å². The molecule has 1 aromatic rings. The summed E-state index contributed by atoms with van der Waals surface area (Å²) in [6.07, 6.45) is 2.21. The lowest BCUT2D eigenvalue weighted by molar-refractivity contribution is -0.132. The molecule has 4 nitrogen and oxygen atoms in total. The summed E-state index contributed by atoms with van der Waals surface area (Å²) in [5.41, 5.74) is 1.94. The number of aryl methyl sites for hydroxylation is 1. The van der Waals surface area contributed by atoms with Gasteiger partial charge in [-0.2, -0.15) is 0 Å². The molecule has 2 rings (SSSR count). The molecule has 1 fully saturated rings. The number of hydrogen-bond donors (Lipinski definition) is 2. The normalized spacial score (nSPS) is 18.1. The van der Waals surface area contributed by atoms with E-state index in [1.807, 2.05) is 37.8 Å². The number of rotatable bonds is 4. The van der Waals surface area contributed by atoms with Crippen molar-refractivity contribution in [2.75, 3.05) is 13.1 Å². The number of nitrogens with one attached hydrogen (secondary N) is 1. The van der Waals surface area contributed by atoms with Gasteiger partial charge in [0.05, 0.1) is 6.04 Å². The van der Waals surface area contributed by atoms with Gasteiger partial charge in [0.1, 0.15) is 5.75 Å². The summed E-state index contributed by atoms with van der Waals surface area (Å²) in [6, 6.07) is 5.25. The Morgan fingerprint density at radius 2 is 1.95 bits per heavy atom. The number of carbonyl (C=O) groups excluding carboxylic acids is 1. The molecule has 0 spiro atoms. The van der Waals surface area contributed by atoms with Crippen LogP contribution in [0.15, 0.2) is 18.2 Å². The Bertz CT molecular complexity index is 481. The van der Waals surface area contributed by atoms with Crippen molar-refractivity contribution in [2.24, 2.45) is 0 Å². The molecule has 0 aromatic heterocycles. The monoisotopic (exact) mass is 276 g/mol. The van der Waals surface area contributed by atoms with Crippen LogP contribution in [0.2, 0.25) is 0 Å². The average Bonchev–Trinajstić information content (AvgIpc) is 2.94. The van der Waals surface area contributed by atoms with E-state index in [9.17, 15) is 9.90 Å². The number of nitrogens with zero attached hydrogens (tertiary/aromatic N) is 1. The lowest BCUT2D eigenvalue weighted by Gasteiger charge is -2.25. The van der Waals surface area contributed by atoms with Crippen LogP contribution in [-0.2, 0) is 4.79 Å². The van der Waals surface area contributed by atoms with Crippen LogP contribution in [0, 0.1) is 6.92 Å². The minimum Gasteiger partial charge on any atom is -0.508 e. The minimum absolute atomic E-state index is 0.0588. The Labute approximate surface area is 120 Å². The maximum Gasteiger partial charge on any atom is 0.239 e. The van der Waals surface area contributed by atoms with Gasteiger partial charge in [-0.15, -0.1) is 0 Å². The van der Waals surface area contributed by atoms with Crippen LogP contribution in [0.3, 0.4) is 0 Å². The quantitative estimate of drug-likeness (QED) is 0.887. The highest BCUT2D eigenvalue weighted by molar-refractivity contribution is 5.81. The standard InChI is InChI=1S/C16H24N2O2/c1-11-6-7-15(19)14(10-11)12(2)17-13(3)16(20)18-8-4-5-9-18/h6-7,10,12-13,17,19H,4-5,8-9H2,1-3H3. The molecule has 0 saturated carbocycles. The Hall–Kier alpha value is -1.55. The molecule has 0 aliphatic carbocycles. The number of hydrogen-bond acceptors (Lipinski definition) is 3. The van der Waals surface area contributed by atoms with Crippen molar-refractivity contribution in [3.63, 3.8) is 0 Å². The van der Waals surface area contributed by atoms with Gasteiger partial charge >= 0.3 is 0 Å². The van der Waals surface area contributed by atoms with Gasteiger partial charge in [-0.05, 0) is 39.7 Å². The van der Waals surface area contributed by atoms with Crippen molar-refractivity contribution >= 4 is 5.91 Å². The van der Waals surface area contributed by atoms with Gasteiger partial charge in [0, 0.05) is 24.7 Å². The minimum atomic E-state index is -0.233. The maximum atomic E-state index is 12.3. The van der Waals surface area contributed by atoms with E-state index in [1.54, 1.807) is 6.07 Å². The predicted molar refractivity (Wildman–Crippen MR) is 79.7 cm³/mol. The molecule has 1 aliphatic heterocycles. The second kappa shape index (κ2) is 6.27. The van der Waals surface area contributed by atoms with E-state index < -0.39 is 0 Å². The molecule has 1 heterocycles. The Morgan fingerprint density at radius 3 is 2.60 bits per heavy atom. The summed E-state index contributed by atoms with van der Waals surface area (Å²) in [5, 5.41) is 13.2. The summed E-state index contributed by atoms with van der Waals surface area (Å²) in [7, 11) is 0. The highest BCUT2D eigenvalue weighted by Gasteiger charge is 2.24. The van der Waals surface area contributed by atoms with E-state index in [0.29, 0.717) is 0 Å². The molecule has 2 atom stereocenters. The highest BCUT2D eigenvalue weighted by atomic mass is 16.3. The molecular weight excluding hydrogens is 252 g/mol. The highest BCUT2D eigenvalue weighted by Crippen LogP contribution is 2.25. The summed E-state index contributed by atoms with van der Waals surface area (Å²) in [5.74, 6) is 0.429. The van der Waals surface area contributed by atoms with Crippen molar-refractivity contribution in [1.82, 2.24) is 10.2 Å². The molecule has 2 unspecified atom stereocenters. The number of amides is 1. The third-order valence-electron chi connectivity index (χ3n) is 3.94. The Kier molecular flexibility index (Phi) is 4.65. The van der Waals surface area contributed by atoms with Gasteiger partial charge in [0.15, 0.2) is 0 Å². The zero-order valence-corrected chi connectivity index (χ0v) is 12.5. The van der Waals surface area contributed by atoms with Crippen LogP contribution < -0.4 is 5.32 Å². The Morgan fingerprint density at radius 1 is 1.30 bits per heavy atom. The fourth-order valence-corrected chi connectivity index (χ4v) is 2.77. The smallest absolute Gasteiger partial charge is 0.239 e. The van der Waals surface area contributed by atoms with Crippen LogP contribution in [0.1, 0.15) is 43.9 Å². The fourth-order valence-electron chi connectivity index (χ4n) is 2.77. The fraction of sp³-hybridized carbons (Fsp3) is 0.562. The molecular formula is C16H24N2O2. The number of likely N-dealkylation sites (tertiary alicyclic amines) is 1. The predicted octanol–water partition coefficient (Wildman–Crippen LogP) is 2.36. The molecule has 1 aromatic carbocycles. The maximum absolute atomic E-state index is 12.3. The summed E-state index contributed by atoms with van der Waals surface area (Å²) in [6.45, 7) is 7.60. The van der Waals surface area contributed by atoms with Crippen LogP contribution in [0.5, 0.6) is 5.75 Å². The van der Waals surface area contributed by atoms with Gasteiger partial charge in [-0.3, -0.25) is 10.1 Å². The molecule has 1 saturated heterocycles. The second-order valence-corrected chi connectivity index (χ2v) is 5.70. The zero-order valence-electron chi connectivity index (χ0n) is 12.5. The second-order valence-electron chi connectivity index (χ2n) is 5.70. The van der Waals surface area contributed by atoms with Gasteiger partial charge in [0.25, 0.3) is 0 Å². The number of aromatic hydroxyl groups is 1. The van der Waals surface area contributed by atoms with Crippen molar-refractivity contribution in [3.8, 4) is 5.75 Å². The van der Waals surface area contributed by atoms with Crippen molar-refractivity contribution in [3.05, 3.63) is 29.3 Å². The topological polar surface area (TPSA) is 52.6 Å². The van der Waals surface area contributed by atoms with Crippen molar-refractivity contribution in [1.29, 1.82) is 0 Å². The Balaban J connectivity index is 2.01. The molecule has 2 N–H and O–H groups in total. The van der Waals surface area contributed by atoms with Gasteiger partial charge in [0.2, 0.25) is 5.91 Å². The van der Waals surface area contributed by atoms with Crippen LogP contribution in [0.25, 0.3) is 0 Å². The lowest BCUT2D eigenvalue weighted by atomic mass is 10.0. The molecule has 4 heteroatoms. The third kappa shape index (κ3) is 3.31. The van der Waals surface area contributed by atoms with Gasteiger partial charge < -0.3 is 10.0 Å². The molecule has 20 heavy (non-hydrogen) atoms. The molecule has 0 bridgehead atoms.